The van der Waals surface area contributed by atoms with Crippen molar-refractivity contribution in [1.82, 2.24) is 4.98 Å². The lowest BCUT2D eigenvalue weighted by molar-refractivity contribution is -0.0922. The number of hydrogen-bond acceptors (Lipinski definition) is 2. The Morgan fingerprint density at radius 2 is 1.58 bits per heavy atom. The molecule has 0 unspecified atom stereocenters. The molecule has 1 saturated heterocycles. The van der Waals surface area contributed by atoms with E-state index in [2.05, 4.69) is 57.8 Å². The fraction of sp³-hybridized carbons (Fsp3) is 0.500. The van der Waals surface area contributed by atoms with Gasteiger partial charge in [0.2, 0.25) is 6.29 Å². The van der Waals surface area contributed by atoms with Gasteiger partial charge in [0, 0.05) is 10.9 Å². The first-order valence-corrected chi connectivity index (χ1v) is 6.75. The maximum atomic E-state index is 6.11. The molecule has 1 aromatic carbocycles. The highest BCUT2D eigenvalue weighted by molar-refractivity contribution is 5.84. The monoisotopic (exact) mass is 259 g/mol. The molecule has 0 saturated carbocycles. The molecule has 0 aliphatic carbocycles. The standard InChI is InChI=1S/C16H21NO2/c1-10-11-8-6-7-9-12(11)17-13(10)14-18-15(2,3)16(4,5)19-14/h6-9,14,17H,1-5H3. The van der Waals surface area contributed by atoms with Crippen LogP contribution in [-0.2, 0) is 9.47 Å². The van der Waals surface area contributed by atoms with Crippen molar-refractivity contribution in [2.75, 3.05) is 0 Å². The number of aromatic amines is 1. The van der Waals surface area contributed by atoms with Crippen LogP contribution in [0.3, 0.4) is 0 Å². The number of ether oxygens (including phenoxy) is 2. The maximum Gasteiger partial charge on any atom is 0.200 e. The van der Waals surface area contributed by atoms with Crippen molar-refractivity contribution in [2.45, 2.75) is 52.1 Å². The summed E-state index contributed by atoms with van der Waals surface area (Å²) >= 11 is 0. The van der Waals surface area contributed by atoms with Gasteiger partial charge < -0.3 is 14.5 Å². The van der Waals surface area contributed by atoms with Crippen LogP contribution in [0.4, 0.5) is 0 Å². The normalized spacial score (nSPS) is 22.2. The highest BCUT2D eigenvalue weighted by atomic mass is 16.7. The third kappa shape index (κ3) is 1.80. The lowest BCUT2D eigenvalue weighted by Crippen LogP contribution is -2.41. The number of para-hydroxylation sites is 1. The van der Waals surface area contributed by atoms with Crippen LogP contribution in [-0.4, -0.2) is 16.2 Å². The van der Waals surface area contributed by atoms with Crippen molar-refractivity contribution in [3.8, 4) is 0 Å². The van der Waals surface area contributed by atoms with Crippen LogP contribution in [0.1, 0.15) is 45.2 Å². The molecule has 0 radical (unpaired) electrons. The van der Waals surface area contributed by atoms with Crippen molar-refractivity contribution < 1.29 is 9.47 Å². The van der Waals surface area contributed by atoms with Crippen molar-refractivity contribution in [3.63, 3.8) is 0 Å². The Labute approximate surface area is 113 Å². The van der Waals surface area contributed by atoms with Gasteiger partial charge in [-0.15, -0.1) is 0 Å². The highest BCUT2D eigenvalue weighted by Crippen LogP contribution is 2.45. The summed E-state index contributed by atoms with van der Waals surface area (Å²) in [5, 5.41) is 1.23. The van der Waals surface area contributed by atoms with Crippen LogP contribution in [0, 0.1) is 6.92 Å². The summed E-state index contributed by atoms with van der Waals surface area (Å²) in [5.74, 6) is 0. The molecule has 1 aromatic heterocycles. The number of hydrogen-bond donors (Lipinski definition) is 1. The first kappa shape index (κ1) is 12.7. The molecule has 0 atom stereocenters. The highest BCUT2D eigenvalue weighted by Gasteiger charge is 2.50. The van der Waals surface area contributed by atoms with Crippen LogP contribution in [0.15, 0.2) is 24.3 Å². The molecule has 3 rings (SSSR count). The van der Waals surface area contributed by atoms with E-state index in [-0.39, 0.29) is 17.5 Å². The molecule has 19 heavy (non-hydrogen) atoms. The number of aromatic nitrogens is 1. The minimum absolute atomic E-state index is 0.304. The van der Waals surface area contributed by atoms with Crippen LogP contribution in [0.25, 0.3) is 10.9 Å². The van der Waals surface area contributed by atoms with E-state index in [1.165, 1.54) is 10.9 Å². The smallest absolute Gasteiger partial charge is 0.200 e. The zero-order chi connectivity index (χ0) is 13.8. The predicted octanol–water partition coefficient (Wildman–Crippen LogP) is 4.08. The zero-order valence-electron chi connectivity index (χ0n) is 12.2. The molecule has 3 heteroatoms. The van der Waals surface area contributed by atoms with Crippen molar-refractivity contribution in [3.05, 3.63) is 35.5 Å². The Balaban J connectivity index is 2.05. The van der Waals surface area contributed by atoms with E-state index < -0.39 is 0 Å². The molecule has 2 heterocycles. The Hall–Kier alpha value is -1.32. The summed E-state index contributed by atoms with van der Waals surface area (Å²) in [6, 6.07) is 8.29. The molecule has 1 fully saturated rings. The van der Waals surface area contributed by atoms with Gasteiger partial charge in [0.15, 0.2) is 0 Å². The second-order valence-electron chi connectivity index (χ2n) is 6.30. The van der Waals surface area contributed by atoms with E-state index in [0.29, 0.717) is 0 Å². The van der Waals surface area contributed by atoms with Crippen molar-refractivity contribution >= 4 is 10.9 Å². The van der Waals surface area contributed by atoms with E-state index in [1.807, 2.05) is 6.07 Å². The third-order valence-electron chi connectivity index (χ3n) is 4.49. The largest absolute Gasteiger partial charge is 0.354 e. The average Bonchev–Trinajstić information content (AvgIpc) is 2.76. The average molecular weight is 259 g/mol. The molecule has 1 aliphatic rings. The van der Waals surface area contributed by atoms with Crippen LogP contribution < -0.4 is 0 Å². The van der Waals surface area contributed by atoms with E-state index >= 15 is 0 Å². The first-order valence-electron chi connectivity index (χ1n) is 6.75. The summed E-state index contributed by atoms with van der Waals surface area (Å²) < 4.78 is 12.2. The van der Waals surface area contributed by atoms with Gasteiger partial charge in [0.25, 0.3) is 0 Å². The lowest BCUT2D eigenvalue weighted by atomic mass is 9.90. The Bertz CT molecular complexity index is 609. The number of fused-ring (bicyclic) bond motifs is 1. The Kier molecular flexibility index (Phi) is 2.57. The SMILES string of the molecule is Cc1c(C2OC(C)(C)C(C)(C)O2)[nH]c2ccccc12. The van der Waals surface area contributed by atoms with Gasteiger partial charge >= 0.3 is 0 Å². The summed E-state index contributed by atoms with van der Waals surface area (Å²) in [5.41, 5.74) is 2.75. The lowest BCUT2D eigenvalue weighted by Gasteiger charge is -2.30. The third-order valence-corrected chi connectivity index (χ3v) is 4.49. The van der Waals surface area contributed by atoms with E-state index in [9.17, 15) is 0 Å². The van der Waals surface area contributed by atoms with Crippen molar-refractivity contribution in [1.29, 1.82) is 0 Å². The predicted molar refractivity (Wildman–Crippen MR) is 76.1 cm³/mol. The maximum absolute atomic E-state index is 6.11. The van der Waals surface area contributed by atoms with Gasteiger partial charge in [-0.25, -0.2) is 0 Å². The van der Waals surface area contributed by atoms with Crippen LogP contribution in [0.5, 0.6) is 0 Å². The summed E-state index contributed by atoms with van der Waals surface area (Å²) in [6.07, 6.45) is -0.322. The molecule has 2 aromatic rings. The molecule has 3 nitrogen and oxygen atoms in total. The Morgan fingerprint density at radius 1 is 1.00 bits per heavy atom. The van der Waals surface area contributed by atoms with E-state index in [0.717, 1.165) is 11.2 Å². The van der Waals surface area contributed by atoms with Gasteiger partial charge in [-0.1, -0.05) is 18.2 Å². The second kappa shape index (κ2) is 3.84. The minimum Gasteiger partial charge on any atom is -0.354 e. The van der Waals surface area contributed by atoms with Gasteiger partial charge in [0.1, 0.15) is 0 Å². The topological polar surface area (TPSA) is 34.2 Å². The Morgan fingerprint density at radius 3 is 2.16 bits per heavy atom. The molecule has 0 spiro atoms. The summed E-state index contributed by atoms with van der Waals surface area (Å²) in [6.45, 7) is 10.4. The molecular formula is C16H21NO2. The molecule has 102 valence electrons. The van der Waals surface area contributed by atoms with E-state index in [1.54, 1.807) is 0 Å². The number of aryl methyl sites for hydroxylation is 1. The fourth-order valence-corrected chi connectivity index (χ4v) is 2.50. The van der Waals surface area contributed by atoms with Crippen LogP contribution in [0.2, 0.25) is 0 Å². The molecule has 0 bridgehead atoms. The van der Waals surface area contributed by atoms with E-state index in [4.69, 9.17) is 9.47 Å². The molecular weight excluding hydrogens is 238 g/mol. The minimum atomic E-state index is -0.322. The van der Waals surface area contributed by atoms with Crippen molar-refractivity contribution in [2.24, 2.45) is 0 Å². The molecule has 1 N–H and O–H groups in total. The number of benzene rings is 1. The van der Waals surface area contributed by atoms with Gasteiger partial charge in [-0.2, -0.15) is 0 Å². The second-order valence-corrected chi connectivity index (χ2v) is 6.30. The fourth-order valence-electron chi connectivity index (χ4n) is 2.50. The molecule has 0 amide bonds. The van der Waals surface area contributed by atoms with Gasteiger partial charge in [0.05, 0.1) is 16.9 Å². The van der Waals surface area contributed by atoms with Crippen LogP contribution >= 0.6 is 0 Å². The zero-order valence-corrected chi connectivity index (χ0v) is 12.2. The molecule has 1 aliphatic heterocycles. The number of rotatable bonds is 1. The summed E-state index contributed by atoms with van der Waals surface area (Å²) in [4.78, 5) is 3.43. The number of H-pyrrole nitrogens is 1. The van der Waals surface area contributed by atoms with Gasteiger partial charge in [-0.05, 0) is 46.2 Å². The number of nitrogens with one attached hydrogen (secondary N) is 1. The van der Waals surface area contributed by atoms with Gasteiger partial charge in [-0.3, -0.25) is 0 Å². The summed E-state index contributed by atoms with van der Waals surface area (Å²) in [7, 11) is 0. The quantitative estimate of drug-likeness (QED) is 0.837. The first-order chi connectivity index (χ1) is 8.82.